The summed E-state index contributed by atoms with van der Waals surface area (Å²) >= 11 is 0. The average Bonchev–Trinajstić information content (AvgIpc) is 3.31. The molecular weight excluding hydrogens is 334 g/mol. The predicted octanol–water partition coefficient (Wildman–Crippen LogP) is 1.88. The van der Waals surface area contributed by atoms with Gasteiger partial charge in [-0.3, -0.25) is 14.0 Å². The Morgan fingerprint density at radius 3 is 2.77 bits per heavy atom. The summed E-state index contributed by atoms with van der Waals surface area (Å²) in [4.78, 5) is 26.9. The number of carbonyl (C=O) groups is 1. The summed E-state index contributed by atoms with van der Waals surface area (Å²) in [6, 6.07) is 7.07. The maximum Gasteiger partial charge on any atom is 0.420 e. The number of oxazole rings is 1. The summed E-state index contributed by atoms with van der Waals surface area (Å²) in [5, 5.41) is 7.49. The molecule has 0 aliphatic carbocycles. The van der Waals surface area contributed by atoms with Crippen LogP contribution in [0.5, 0.6) is 0 Å². The number of nitrogens with one attached hydrogen (secondary N) is 1. The highest BCUT2D eigenvalue weighted by Gasteiger charge is 2.23. The maximum atomic E-state index is 12.6. The van der Waals surface area contributed by atoms with Crippen molar-refractivity contribution in [2.75, 3.05) is 23.3 Å². The van der Waals surface area contributed by atoms with Crippen LogP contribution in [0.1, 0.15) is 18.5 Å². The summed E-state index contributed by atoms with van der Waals surface area (Å²) in [7, 11) is 1.86. The Morgan fingerprint density at radius 1 is 1.27 bits per heavy atom. The summed E-state index contributed by atoms with van der Waals surface area (Å²) in [5.74, 6) is -0.0283. The van der Waals surface area contributed by atoms with Gasteiger partial charge >= 0.3 is 5.76 Å². The van der Waals surface area contributed by atoms with Crippen molar-refractivity contribution < 1.29 is 9.21 Å². The van der Waals surface area contributed by atoms with Gasteiger partial charge in [0.05, 0.1) is 11.2 Å². The zero-order chi connectivity index (χ0) is 18.3. The van der Waals surface area contributed by atoms with Crippen molar-refractivity contribution in [3.63, 3.8) is 0 Å². The topological polar surface area (TPSA) is 85.3 Å². The Bertz CT molecular complexity index is 1020. The minimum absolute atomic E-state index is 0.108. The molecule has 0 saturated carbocycles. The number of carbonyl (C=O) groups excluding carboxylic acids is 1. The first-order chi connectivity index (χ1) is 12.5. The molecule has 3 aromatic rings. The molecule has 4 rings (SSSR count). The zero-order valence-corrected chi connectivity index (χ0v) is 14.9. The van der Waals surface area contributed by atoms with Crippen LogP contribution in [-0.4, -0.2) is 33.3 Å². The smallest absolute Gasteiger partial charge is 0.408 e. The first-order valence-electron chi connectivity index (χ1n) is 8.71. The second-order valence-electron chi connectivity index (χ2n) is 6.57. The van der Waals surface area contributed by atoms with E-state index in [2.05, 4.69) is 15.3 Å². The largest absolute Gasteiger partial charge is 0.420 e. The van der Waals surface area contributed by atoms with Crippen molar-refractivity contribution in [3.05, 3.63) is 40.5 Å². The number of nitrogens with zero attached hydrogens (tertiary/aromatic N) is 4. The summed E-state index contributed by atoms with van der Waals surface area (Å²) in [5.41, 5.74) is 2.67. The number of hydrogen-bond acceptors (Lipinski definition) is 5. The number of para-hydroxylation sites is 2. The summed E-state index contributed by atoms with van der Waals surface area (Å²) in [6.45, 7) is 3.68. The number of hydrogen-bond donors (Lipinski definition) is 1. The summed E-state index contributed by atoms with van der Waals surface area (Å²) in [6.07, 6.45) is 2.25. The molecule has 3 heterocycles. The first-order valence-corrected chi connectivity index (χ1v) is 8.71. The van der Waals surface area contributed by atoms with E-state index < -0.39 is 5.76 Å². The standard InChI is InChI=1S/C18H21N5O3/c1-12-16(17(20-21(12)2)22-9-5-6-10-22)19-15(24)11-23-13-7-3-4-8-14(13)26-18(23)25/h3-4,7-8H,5-6,9-11H2,1-2H3,(H,19,24). The second-order valence-corrected chi connectivity index (χ2v) is 6.57. The van der Waals surface area contributed by atoms with Crippen LogP contribution in [0.25, 0.3) is 11.1 Å². The molecule has 1 fully saturated rings. The molecule has 1 aliphatic rings. The monoisotopic (exact) mass is 355 g/mol. The Labute approximate surface area is 150 Å². The highest BCUT2D eigenvalue weighted by molar-refractivity contribution is 5.95. The van der Waals surface area contributed by atoms with E-state index in [4.69, 9.17) is 4.42 Å². The molecule has 0 unspecified atom stereocenters. The van der Waals surface area contributed by atoms with Gasteiger partial charge in [0.15, 0.2) is 11.4 Å². The molecule has 0 spiro atoms. The van der Waals surface area contributed by atoms with Crippen molar-refractivity contribution >= 4 is 28.5 Å². The number of aryl methyl sites for hydroxylation is 1. The minimum atomic E-state index is -0.538. The van der Waals surface area contributed by atoms with Gasteiger partial charge in [0.1, 0.15) is 12.2 Å². The van der Waals surface area contributed by atoms with E-state index in [0.717, 1.165) is 37.4 Å². The van der Waals surface area contributed by atoms with Crippen LogP contribution in [-0.2, 0) is 18.4 Å². The van der Waals surface area contributed by atoms with Gasteiger partial charge in [-0.2, -0.15) is 5.10 Å². The second kappa shape index (κ2) is 6.36. The third-order valence-corrected chi connectivity index (χ3v) is 4.86. The molecule has 1 saturated heterocycles. The van der Waals surface area contributed by atoms with Crippen molar-refractivity contribution in [2.24, 2.45) is 7.05 Å². The number of fused-ring (bicyclic) bond motifs is 1. The van der Waals surface area contributed by atoms with Crippen molar-refractivity contribution in [1.82, 2.24) is 14.3 Å². The van der Waals surface area contributed by atoms with Crippen molar-refractivity contribution in [3.8, 4) is 0 Å². The van der Waals surface area contributed by atoms with Crippen LogP contribution in [0.3, 0.4) is 0 Å². The highest BCUT2D eigenvalue weighted by Crippen LogP contribution is 2.30. The van der Waals surface area contributed by atoms with E-state index in [-0.39, 0.29) is 12.5 Å². The highest BCUT2D eigenvalue weighted by atomic mass is 16.4. The lowest BCUT2D eigenvalue weighted by molar-refractivity contribution is -0.116. The van der Waals surface area contributed by atoms with Crippen LogP contribution in [0.4, 0.5) is 11.5 Å². The Morgan fingerprint density at radius 2 is 2.00 bits per heavy atom. The van der Waals surface area contributed by atoms with Gasteiger partial charge in [-0.25, -0.2) is 4.79 Å². The fourth-order valence-electron chi connectivity index (χ4n) is 3.37. The van der Waals surface area contributed by atoms with Gasteiger partial charge in [0.25, 0.3) is 0 Å². The molecule has 26 heavy (non-hydrogen) atoms. The molecule has 8 nitrogen and oxygen atoms in total. The molecule has 1 N–H and O–H groups in total. The average molecular weight is 355 g/mol. The van der Waals surface area contributed by atoms with E-state index in [9.17, 15) is 9.59 Å². The quantitative estimate of drug-likeness (QED) is 0.772. The van der Waals surface area contributed by atoms with E-state index in [0.29, 0.717) is 16.8 Å². The normalized spacial score (nSPS) is 14.3. The molecule has 0 radical (unpaired) electrons. The fraction of sp³-hybridized carbons (Fsp3) is 0.389. The van der Waals surface area contributed by atoms with Crippen LogP contribution >= 0.6 is 0 Å². The predicted molar refractivity (Wildman–Crippen MR) is 98.5 cm³/mol. The molecule has 136 valence electrons. The van der Waals surface area contributed by atoms with E-state index in [1.807, 2.05) is 20.0 Å². The van der Waals surface area contributed by atoms with Gasteiger partial charge in [0.2, 0.25) is 5.91 Å². The molecule has 8 heteroatoms. The Balaban J connectivity index is 1.60. The van der Waals surface area contributed by atoms with E-state index >= 15 is 0 Å². The van der Waals surface area contributed by atoms with Crippen molar-refractivity contribution in [2.45, 2.75) is 26.3 Å². The zero-order valence-electron chi connectivity index (χ0n) is 14.9. The lowest BCUT2D eigenvalue weighted by atomic mass is 10.3. The van der Waals surface area contributed by atoms with Crippen LogP contribution in [0.15, 0.2) is 33.5 Å². The van der Waals surface area contributed by atoms with Gasteiger partial charge in [-0.15, -0.1) is 0 Å². The number of benzene rings is 1. The SMILES string of the molecule is Cc1c(NC(=O)Cn2c(=O)oc3ccccc32)c(N2CCCC2)nn1C. The van der Waals surface area contributed by atoms with Crippen LogP contribution in [0.2, 0.25) is 0 Å². The molecular formula is C18H21N5O3. The van der Waals surface area contributed by atoms with E-state index in [1.165, 1.54) is 4.57 Å². The number of amides is 1. The van der Waals surface area contributed by atoms with Crippen molar-refractivity contribution in [1.29, 1.82) is 0 Å². The number of rotatable bonds is 4. The molecule has 1 amide bonds. The van der Waals surface area contributed by atoms with Gasteiger partial charge < -0.3 is 14.6 Å². The Kier molecular flexibility index (Phi) is 4.02. The molecule has 1 aromatic carbocycles. The third-order valence-electron chi connectivity index (χ3n) is 4.86. The molecule has 0 bridgehead atoms. The maximum absolute atomic E-state index is 12.6. The Hall–Kier alpha value is -3.03. The third kappa shape index (κ3) is 2.77. The molecule has 2 aromatic heterocycles. The number of aromatic nitrogens is 3. The fourth-order valence-corrected chi connectivity index (χ4v) is 3.37. The minimum Gasteiger partial charge on any atom is -0.408 e. The molecule has 0 atom stereocenters. The van der Waals surface area contributed by atoms with E-state index in [1.54, 1.807) is 22.9 Å². The van der Waals surface area contributed by atoms with Gasteiger partial charge in [-0.05, 0) is 31.9 Å². The summed E-state index contributed by atoms with van der Waals surface area (Å²) < 4.78 is 8.29. The lowest BCUT2D eigenvalue weighted by Crippen LogP contribution is -2.26. The van der Waals surface area contributed by atoms with Gasteiger partial charge in [-0.1, -0.05) is 12.1 Å². The van der Waals surface area contributed by atoms with Crippen LogP contribution < -0.4 is 16.0 Å². The number of anilines is 2. The molecule has 1 aliphatic heterocycles. The first kappa shape index (κ1) is 16.4. The van der Waals surface area contributed by atoms with Crippen LogP contribution in [0, 0.1) is 6.92 Å². The lowest BCUT2D eigenvalue weighted by Gasteiger charge is -2.16. The van der Waals surface area contributed by atoms with Gasteiger partial charge in [0, 0.05) is 20.1 Å².